The number of carbonyl (C=O) groups excluding carboxylic acids is 1. The fourth-order valence-electron chi connectivity index (χ4n) is 3.77. The molecule has 1 aromatic heterocycles. The number of benzene rings is 4. The van der Waals surface area contributed by atoms with Crippen LogP contribution in [0.5, 0.6) is 5.75 Å². The van der Waals surface area contributed by atoms with Gasteiger partial charge in [0.05, 0.1) is 23.0 Å². The molecule has 0 spiro atoms. The van der Waals surface area contributed by atoms with E-state index in [4.69, 9.17) is 9.72 Å². The number of nitrogens with zero attached hydrogens (tertiary/aromatic N) is 2. The number of aromatic nitrogens is 1. The van der Waals surface area contributed by atoms with E-state index in [9.17, 15) is 9.18 Å². The number of nitrogens with one attached hydrogen (secondary N) is 1. The largest absolute Gasteiger partial charge is 0.489 e. The van der Waals surface area contributed by atoms with Crippen LogP contribution in [0, 0.1) is 5.82 Å². The maximum Gasteiger partial charge on any atom is 0.272 e. The number of para-hydroxylation sites is 1. The van der Waals surface area contributed by atoms with Crippen molar-refractivity contribution in [3.8, 4) is 17.0 Å². The summed E-state index contributed by atoms with van der Waals surface area (Å²) in [4.78, 5) is 17.7. The molecule has 1 heterocycles. The third-order valence-electron chi connectivity index (χ3n) is 5.64. The minimum absolute atomic E-state index is 0.140. The summed E-state index contributed by atoms with van der Waals surface area (Å²) in [5.74, 6) is -0.0159. The molecule has 0 bridgehead atoms. The highest BCUT2D eigenvalue weighted by Crippen LogP contribution is 2.24. The Kier molecular flexibility index (Phi) is 6.76. The fourth-order valence-corrected chi connectivity index (χ4v) is 3.77. The summed E-state index contributed by atoms with van der Waals surface area (Å²) in [7, 11) is 0. The van der Waals surface area contributed by atoms with Gasteiger partial charge in [-0.15, -0.1) is 0 Å². The van der Waals surface area contributed by atoms with E-state index in [1.807, 2.05) is 66.7 Å². The number of pyridine rings is 1. The number of hydrogen-bond donors (Lipinski definition) is 1. The van der Waals surface area contributed by atoms with Gasteiger partial charge in [-0.1, -0.05) is 66.7 Å². The zero-order chi connectivity index (χ0) is 24.7. The van der Waals surface area contributed by atoms with Crippen molar-refractivity contribution in [2.75, 3.05) is 0 Å². The zero-order valence-corrected chi connectivity index (χ0v) is 19.3. The third kappa shape index (κ3) is 5.28. The first-order valence-electron chi connectivity index (χ1n) is 11.4. The minimum Gasteiger partial charge on any atom is -0.489 e. The number of halogens is 1. The van der Waals surface area contributed by atoms with Crippen molar-refractivity contribution in [1.29, 1.82) is 0 Å². The van der Waals surface area contributed by atoms with E-state index in [-0.39, 0.29) is 18.3 Å². The Morgan fingerprint density at radius 1 is 0.889 bits per heavy atom. The first kappa shape index (κ1) is 22.9. The Hall–Kier alpha value is -4.84. The maximum atomic E-state index is 13.7. The number of amides is 1. The maximum absolute atomic E-state index is 13.7. The van der Waals surface area contributed by atoms with Crippen molar-refractivity contribution in [3.63, 3.8) is 0 Å². The van der Waals surface area contributed by atoms with Gasteiger partial charge in [0.25, 0.3) is 5.91 Å². The van der Waals surface area contributed by atoms with Crippen molar-refractivity contribution in [2.45, 2.75) is 6.61 Å². The van der Waals surface area contributed by atoms with Crippen LogP contribution in [0.3, 0.4) is 0 Å². The minimum atomic E-state index is -0.327. The first-order chi connectivity index (χ1) is 17.7. The second-order valence-corrected chi connectivity index (χ2v) is 8.09. The van der Waals surface area contributed by atoms with Crippen LogP contribution in [-0.2, 0) is 6.61 Å². The Balaban J connectivity index is 1.28. The van der Waals surface area contributed by atoms with Crippen LogP contribution < -0.4 is 10.2 Å². The lowest BCUT2D eigenvalue weighted by Crippen LogP contribution is -2.18. The Morgan fingerprint density at radius 3 is 2.42 bits per heavy atom. The van der Waals surface area contributed by atoms with Gasteiger partial charge < -0.3 is 4.74 Å². The molecule has 0 radical (unpaired) electrons. The van der Waals surface area contributed by atoms with Gasteiger partial charge >= 0.3 is 0 Å². The Bertz CT molecular complexity index is 1530. The molecule has 1 N–H and O–H groups in total. The lowest BCUT2D eigenvalue weighted by atomic mass is 10.0. The highest BCUT2D eigenvalue weighted by molar-refractivity contribution is 6.07. The van der Waals surface area contributed by atoms with Gasteiger partial charge in [0.1, 0.15) is 18.2 Å². The zero-order valence-electron chi connectivity index (χ0n) is 19.3. The number of hydrazone groups is 1. The van der Waals surface area contributed by atoms with Crippen molar-refractivity contribution < 1.29 is 13.9 Å². The molecule has 5 rings (SSSR count). The van der Waals surface area contributed by atoms with Gasteiger partial charge in [0.2, 0.25) is 0 Å². The molecule has 36 heavy (non-hydrogen) atoms. The molecule has 1 amide bonds. The summed E-state index contributed by atoms with van der Waals surface area (Å²) in [6.07, 6.45) is 1.56. The molecule has 0 atom stereocenters. The van der Waals surface area contributed by atoms with Gasteiger partial charge in [-0.3, -0.25) is 4.79 Å². The van der Waals surface area contributed by atoms with E-state index in [0.717, 1.165) is 27.7 Å². The van der Waals surface area contributed by atoms with Crippen molar-refractivity contribution in [3.05, 3.63) is 132 Å². The van der Waals surface area contributed by atoms with Crippen molar-refractivity contribution in [1.82, 2.24) is 10.4 Å². The summed E-state index contributed by atoms with van der Waals surface area (Å²) in [6, 6.07) is 32.7. The SMILES string of the molecule is O=C(N/N=C/c1ccc(OCc2ccccc2F)cc1)c1cc(-c2ccccc2)nc2ccccc12. The molecular weight excluding hydrogens is 453 g/mol. The lowest BCUT2D eigenvalue weighted by molar-refractivity contribution is 0.0956. The standard InChI is InChI=1S/C30H22FN3O2/c31-27-12-6-4-10-23(27)20-36-24-16-14-21(15-17-24)19-32-34-30(35)26-18-29(22-8-2-1-3-9-22)33-28-13-7-5-11-25(26)28/h1-19H,20H2,(H,34,35)/b32-19+. The topological polar surface area (TPSA) is 63.6 Å². The number of carbonyl (C=O) groups is 1. The van der Waals surface area contributed by atoms with Gasteiger partial charge in [0.15, 0.2) is 0 Å². The van der Waals surface area contributed by atoms with Crippen LogP contribution in [0.15, 0.2) is 114 Å². The van der Waals surface area contributed by atoms with Gasteiger partial charge in [-0.25, -0.2) is 14.8 Å². The van der Waals surface area contributed by atoms with Gasteiger partial charge in [0, 0.05) is 16.5 Å². The van der Waals surface area contributed by atoms with E-state index in [1.54, 1.807) is 42.6 Å². The van der Waals surface area contributed by atoms with Crippen molar-refractivity contribution >= 4 is 23.0 Å². The smallest absolute Gasteiger partial charge is 0.272 e. The van der Waals surface area contributed by atoms with Gasteiger partial charge in [-0.05, 0) is 48.0 Å². The summed E-state index contributed by atoms with van der Waals surface area (Å²) in [5, 5.41) is 4.88. The molecule has 0 saturated heterocycles. The average Bonchev–Trinajstić information content (AvgIpc) is 2.93. The molecule has 6 heteroatoms. The normalized spacial score (nSPS) is 11.0. The molecule has 5 nitrogen and oxygen atoms in total. The summed E-state index contributed by atoms with van der Waals surface area (Å²) in [6.45, 7) is 0.140. The van der Waals surface area contributed by atoms with E-state index < -0.39 is 0 Å². The van der Waals surface area contributed by atoms with Crippen LogP contribution in [0.1, 0.15) is 21.5 Å². The quantitative estimate of drug-likeness (QED) is 0.219. The van der Waals surface area contributed by atoms with Crippen LogP contribution in [-0.4, -0.2) is 17.1 Å². The number of rotatable bonds is 7. The summed E-state index contributed by atoms with van der Waals surface area (Å²) >= 11 is 0. The Morgan fingerprint density at radius 2 is 1.61 bits per heavy atom. The van der Waals surface area contributed by atoms with Crippen LogP contribution in [0.4, 0.5) is 4.39 Å². The highest BCUT2D eigenvalue weighted by Gasteiger charge is 2.13. The van der Waals surface area contributed by atoms with Gasteiger partial charge in [-0.2, -0.15) is 5.10 Å². The number of ether oxygens (including phenoxy) is 1. The van der Waals surface area contributed by atoms with Crippen LogP contribution >= 0.6 is 0 Å². The third-order valence-corrected chi connectivity index (χ3v) is 5.64. The predicted molar refractivity (Wildman–Crippen MR) is 139 cm³/mol. The molecule has 0 saturated carbocycles. The fraction of sp³-hybridized carbons (Fsp3) is 0.0333. The van der Waals surface area contributed by atoms with Crippen LogP contribution in [0.25, 0.3) is 22.2 Å². The van der Waals surface area contributed by atoms with Crippen molar-refractivity contribution in [2.24, 2.45) is 5.10 Å². The second kappa shape index (κ2) is 10.6. The first-order valence-corrected chi connectivity index (χ1v) is 11.4. The molecule has 5 aromatic rings. The molecule has 0 unspecified atom stereocenters. The number of fused-ring (bicyclic) bond motifs is 1. The Labute approximate surface area is 207 Å². The van der Waals surface area contributed by atoms with E-state index in [1.165, 1.54) is 6.07 Å². The molecule has 4 aromatic carbocycles. The molecule has 176 valence electrons. The average molecular weight is 476 g/mol. The lowest BCUT2D eigenvalue weighted by Gasteiger charge is -2.09. The van der Waals surface area contributed by atoms with E-state index >= 15 is 0 Å². The van der Waals surface area contributed by atoms with E-state index in [2.05, 4.69) is 10.5 Å². The second-order valence-electron chi connectivity index (χ2n) is 8.09. The molecule has 0 aliphatic carbocycles. The summed E-state index contributed by atoms with van der Waals surface area (Å²) in [5.41, 5.74) is 6.76. The highest BCUT2D eigenvalue weighted by atomic mass is 19.1. The molecular formula is C30H22FN3O2. The van der Waals surface area contributed by atoms with Crippen LogP contribution in [0.2, 0.25) is 0 Å². The molecule has 0 aliphatic heterocycles. The summed E-state index contributed by atoms with van der Waals surface area (Å²) < 4.78 is 19.4. The molecule has 0 fully saturated rings. The monoisotopic (exact) mass is 475 g/mol. The predicted octanol–water partition coefficient (Wildman–Crippen LogP) is 6.38. The molecule has 0 aliphatic rings. The number of hydrogen-bond acceptors (Lipinski definition) is 4. The van der Waals surface area contributed by atoms with E-state index in [0.29, 0.717) is 16.9 Å².